The van der Waals surface area contributed by atoms with Gasteiger partial charge < -0.3 is 98.3 Å². The molecular weight excluding hydrogens is 1080 g/mol. The number of aliphatic hydroxyl groups is 3. The van der Waals surface area contributed by atoms with Gasteiger partial charge in [0.15, 0.2) is 18.5 Å². The summed E-state index contributed by atoms with van der Waals surface area (Å²) < 4.78 is 29.9. The Kier molecular flexibility index (Phi) is 26.6. The lowest BCUT2D eigenvalue weighted by molar-refractivity contribution is -0.231. The molecular formula is C48H82N14O19. The summed E-state index contributed by atoms with van der Waals surface area (Å²) in [6.45, 7) is 5.99. The lowest BCUT2D eigenvalue weighted by Crippen LogP contribution is -2.66. The Hall–Kier alpha value is -6.56. The van der Waals surface area contributed by atoms with Gasteiger partial charge >= 0.3 is 29.6 Å². The van der Waals surface area contributed by atoms with Crippen LogP contribution in [0.2, 0.25) is 0 Å². The van der Waals surface area contributed by atoms with Crippen LogP contribution in [0.4, 0.5) is 4.79 Å². The third kappa shape index (κ3) is 19.3. The van der Waals surface area contributed by atoms with Gasteiger partial charge in [0.05, 0.1) is 6.04 Å². The number of amides is 4. The van der Waals surface area contributed by atoms with E-state index in [9.17, 15) is 69.1 Å². The number of aliphatic carboxylic acids is 2. The number of carboxylic acids is 2. The monoisotopic (exact) mass is 1160 g/mol. The summed E-state index contributed by atoms with van der Waals surface area (Å²) in [5, 5.41) is 87.0. The Morgan fingerprint density at radius 2 is 1.54 bits per heavy atom. The van der Waals surface area contributed by atoms with E-state index in [2.05, 4.69) is 36.9 Å². The number of carbonyl (C=O) groups excluding carboxylic acids is 4. The van der Waals surface area contributed by atoms with Gasteiger partial charge in [0.1, 0.15) is 73.0 Å². The zero-order valence-electron chi connectivity index (χ0n) is 45.9. The number of urea groups is 1. The smallest absolute Gasteiger partial charge is 0.330 e. The molecule has 0 radical (unpaired) electrons. The van der Waals surface area contributed by atoms with Crippen molar-refractivity contribution < 1.29 is 83.2 Å². The summed E-state index contributed by atoms with van der Waals surface area (Å²) in [6, 6.07) is -7.45. The molecule has 4 amide bonds. The van der Waals surface area contributed by atoms with Gasteiger partial charge in [0, 0.05) is 52.0 Å². The number of esters is 1. The molecule has 33 nitrogen and oxygen atoms in total. The molecule has 20 N–H and O–H groups in total. The largest absolute Gasteiger partial charge is 0.480 e. The van der Waals surface area contributed by atoms with Crippen LogP contribution in [0.15, 0.2) is 26.8 Å². The highest BCUT2D eigenvalue weighted by Crippen LogP contribution is 2.35. The summed E-state index contributed by atoms with van der Waals surface area (Å²) in [6.07, 6.45) is -10.9. The van der Waals surface area contributed by atoms with Gasteiger partial charge in [-0.05, 0) is 44.1 Å². The zero-order chi connectivity index (χ0) is 60.2. The summed E-state index contributed by atoms with van der Waals surface area (Å²) in [5.74, 6) is -7.24. The van der Waals surface area contributed by atoms with E-state index in [-0.39, 0.29) is 57.9 Å². The number of aliphatic imine (C=N–C) groups is 1. The van der Waals surface area contributed by atoms with Crippen LogP contribution in [-0.2, 0) is 47.7 Å². The molecule has 4 heterocycles. The van der Waals surface area contributed by atoms with Crippen LogP contribution >= 0.6 is 0 Å². The van der Waals surface area contributed by atoms with Gasteiger partial charge in [0.2, 0.25) is 17.8 Å². The third-order valence-corrected chi connectivity index (χ3v) is 13.8. The molecule has 15 atom stereocenters. The van der Waals surface area contributed by atoms with Crippen molar-refractivity contribution in [3.63, 3.8) is 0 Å². The predicted octanol–water partition coefficient (Wildman–Crippen LogP) is -5.03. The van der Waals surface area contributed by atoms with E-state index in [0.717, 1.165) is 36.1 Å². The minimum absolute atomic E-state index is 0.0667. The highest BCUT2D eigenvalue weighted by molar-refractivity contribution is 5.94. The maximum Gasteiger partial charge on any atom is 0.330 e. The van der Waals surface area contributed by atoms with E-state index in [0.29, 0.717) is 24.3 Å². The van der Waals surface area contributed by atoms with Crippen molar-refractivity contribution in [1.29, 1.82) is 5.41 Å². The Morgan fingerprint density at radius 3 is 2.14 bits per heavy atom. The number of nitrogens with two attached hydrogens (primary N) is 3. The minimum atomic E-state index is -1.95. The number of guanidine groups is 2. The zero-order valence-corrected chi connectivity index (χ0v) is 45.9. The summed E-state index contributed by atoms with van der Waals surface area (Å²) in [7, 11) is 1.22. The second kappa shape index (κ2) is 32.2. The van der Waals surface area contributed by atoms with Crippen molar-refractivity contribution in [3.8, 4) is 0 Å². The number of hydrogen-bond donors (Lipinski definition) is 17. The average molecular weight is 1160 g/mol. The standard InChI is InChI=1S/C48H82N14O19/c1-22(2)28(42(70)71)59-47(74)60-29(24-14-18-55-46(52)56-24)40(69)58-30(35(23(3)4)79-27(64)13-10-8-6-7-9-11-19-62(76)45(50)51)39(68)54-17-12-16-53-31(43(72)73)36(81-44-38(77-5)32(65)25(21-49)78-44)37-33(66)34(67)41(80-37)61-20-15-26(63)57-48(61)75/h15,20,22-25,28-38,41,44,53,65-67,76H,6-14,16-19,21,49H2,1-5H3,(H3,50,51)(H,54,68)(H,58,69)(H,70,71)(H,72,73)(H3,52,55,56)(H,57,63,75)(H2,59,60,74)/t24-,25+,28-,29-,30-,31-,32+,33-,34+,35-,36+,37-,38+,41+,44-/m0/s1. The molecule has 1 aromatic heterocycles. The molecule has 2 fully saturated rings. The first-order chi connectivity index (χ1) is 38.3. The first-order valence-corrected chi connectivity index (χ1v) is 26.8. The molecule has 0 saturated carbocycles. The maximum atomic E-state index is 14.5. The number of H-pyrrole nitrogens is 1. The Labute approximate surface area is 465 Å². The normalized spacial score (nSPS) is 24.8. The van der Waals surface area contributed by atoms with Crippen molar-refractivity contribution in [2.24, 2.45) is 34.0 Å². The fraction of sp³-hybridized carbons (Fsp3) is 0.750. The number of hydroxylamine groups is 2. The Bertz CT molecular complexity index is 2410. The second-order valence-electron chi connectivity index (χ2n) is 20.5. The Balaban J connectivity index is 1.57. The molecule has 0 aliphatic carbocycles. The van der Waals surface area contributed by atoms with E-state index < -0.39 is 156 Å². The molecule has 81 heavy (non-hydrogen) atoms. The number of ether oxygens (including phenoxy) is 5. The van der Waals surface area contributed by atoms with Crippen LogP contribution in [0.25, 0.3) is 0 Å². The lowest BCUT2D eigenvalue weighted by Gasteiger charge is -2.34. The molecule has 3 aliphatic rings. The fourth-order valence-electron chi connectivity index (χ4n) is 9.35. The number of aliphatic hydroxyl groups excluding tert-OH is 3. The van der Waals surface area contributed by atoms with Crippen molar-refractivity contribution in [2.75, 3.05) is 39.8 Å². The average Bonchev–Trinajstić information content (AvgIpc) is 3.97. The van der Waals surface area contributed by atoms with E-state index in [1.807, 2.05) is 4.98 Å². The number of aromatic nitrogens is 2. The number of nitrogens with zero attached hydrogens (tertiary/aromatic N) is 3. The molecule has 0 spiro atoms. The van der Waals surface area contributed by atoms with Crippen LogP contribution < -0.4 is 60.4 Å². The van der Waals surface area contributed by atoms with Crippen molar-refractivity contribution in [3.05, 3.63) is 33.1 Å². The number of aromatic amines is 1. The van der Waals surface area contributed by atoms with Crippen LogP contribution in [0, 0.1) is 17.2 Å². The van der Waals surface area contributed by atoms with E-state index >= 15 is 0 Å². The van der Waals surface area contributed by atoms with Gasteiger partial charge in [-0.2, -0.15) is 0 Å². The van der Waals surface area contributed by atoms with Crippen LogP contribution in [0.1, 0.15) is 91.7 Å². The van der Waals surface area contributed by atoms with Gasteiger partial charge in [-0.15, -0.1) is 0 Å². The number of nitrogens with one attached hydrogen (secondary N) is 8. The number of carbonyl (C=O) groups is 6. The van der Waals surface area contributed by atoms with Gasteiger partial charge in [-0.3, -0.25) is 49.1 Å². The highest BCUT2D eigenvalue weighted by atomic mass is 16.7. The molecule has 1 aromatic rings. The predicted molar refractivity (Wildman–Crippen MR) is 283 cm³/mol. The summed E-state index contributed by atoms with van der Waals surface area (Å²) >= 11 is 0. The van der Waals surface area contributed by atoms with Crippen LogP contribution in [-0.4, -0.2) is 218 Å². The summed E-state index contributed by atoms with van der Waals surface area (Å²) in [4.78, 5) is 112. The molecule has 458 valence electrons. The molecule has 0 aromatic carbocycles. The molecule has 0 bridgehead atoms. The number of methoxy groups -OCH3 is 1. The second-order valence-corrected chi connectivity index (χ2v) is 20.5. The molecule has 0 unspecified atom stereocenters. The summed E-state index contributed by atoms with van der Waals surface area (Å²) in [5.41, 5.74) is 15.2. The van der Waals surface area contributed by atoms with Crippen LogP contribution in [0.3, 0.4) is 0 Å². The van der Waals surface area contributed by atoms with E-state index in [1.165, 1.54) is 7.11 Å². The first-order valence-electron chi connectivity index (χ1n) is 26.8. The topological polar surface area (TPSA) is 514 Å². The Morgan fingerprint density at radius 1 is 0.877 bits per heavy atom. The molecule has 4 rings (SSSR count). The van der Waals surface area contributed by atoms with Crippen molar-refractivity contribution in [1.82, 2.24) is 46.5 Å². The lowest BCUT2D eigenvalue weighted by atomic mass is 9.96. The van der Waals surface area contributed by atoms with E-state index in [4.69, 9.17) is 46.3 Å². The van der Waals surface area contributed by atoms with Gasteiger partial charge in [-0.1, -0.05) is 53.4 Å². The number of hydrogen-bond acceptors (Lipinski definition) is 23. The SMILES string of the molecule is CO[C@H]1[C@H](O[C@@H]([C@H]2O[C@@H](n3ccc(=O)[nH]c3=O)[C@H](O)[C@@H]2O)[C@H](NCCCNC(=O)[C@@H](NC(=O)[C@@H](NC(=O)N[C@H](C(=O)O)C(C)C)[C@@H]2CCN=C(N)N2)[C@@H](OC(=O)CCCCCCCCN(O)C(=N)N)C(C)C)C(=O)O)O[C@H](CN)[C@H]1O. The number of unbranched alkanes of at least 4 members (excludes halogenated alkanes) is 5. The van der Waals surface area contributed by atoms with Gasteiger partial charge in [0.25, 0.3) is 5.56 Å². The van der Waals surface area contributed by atoms with Crippen molar-refractivity contribution >= 4 is 47.7 Å². The quantitative estimate of drug-likeness (QED) is 0.0103. The van der Waals surface area contributed by atoms with Crippen LogP contribution in [0.5, 0.6) is 0 Å². The third-order valence-electron chi connectivity index (χ3n) is 13.8. The fourth-order valence-corrected chi connectivity index (χ4v) is 9.35. The molecule has 33 heteroatoms. The van der Waals surface area contributed by atoms with Gasteiger partial charge in [-0.25, -0.2) is 19.4 Å². The molecule has 3 aliphatic heterocycles. The maximum absolute atomic E-state index is 14.5. The first kappa shape index (κ1) is 66.9. The van der Waals surface area contributed by atoms with Crippen molar-refractivity contribution in [2.45, 2.75) is 177 Å². The van der Waals surface area contributed by atoms with E-state index in [1.54, 1.807) is 27.7 Å². The number of carboxylic acid groups (broad SMARTS) is 2. The highest BCUT2D eigenvalue weighted by Gasteiger charge is 2.54. The number of rotatable bonds is 33. The minimum Gasteiger partial charge on any atom is -0.480 e. The molecule has 2 saturated heterocycles.